The Balaban J connectivity index is 2.18. The maximum atomic E-state index is 6.23. The molecule has 0 radical (unpaired) electrons. The number of nitrogens with two attached hydrogens (primary N) is 1. The molecule has 0 saturated heterocycles. The van der Waals surface area contributed by atoms with Crippen LogP contribution in [-0.2, 0) is 13.0 Å². The first kappa shape index (κ1) is 13.2. The number of hydrogen-bond donors (Lipinski definition) is 1. The van der Waals surface area contributed by atoms with Crippen LogP contribution >= 0.6 is 15.9 Å². The SMILES string of the molecule is CCn1nc(C)cc1CC(N)c1cncc(Br)c1. The van der Waals surface area contributed by atoms with E-state index in [4.69, 9.17) is 5.73 Å². The lowest BCUT2D eigenvalue weighted by Crippen LogP contribution is -2.16. The molecule has 0 aromatic carbocycles. The normalized spacial score (nSPS) is 12.7. The van der Waals surface area contributed by atoms with Crippen LogP contribution in [0.15, 0.2) is 29.0 Å². The average molecular weight is 309 g/mol. The van der Waals surface area contributed by atoms with Crippen molar-refractivity contribution in [3.05, 3.63) is 46.0 Å². The van der Waals surface area contributed by atoms with Crippen LogP contribution < -0.4 is 5.73 Å². The minimum Gasteiger partial charge on any atom is -0.324 e. The third-order valence-electron chi connectivity index (χ3n) is 2.87. The Labute approximate surface area is 115 Å². The second kappa shape index (κ2) is 5.63. The summed E-state index contributed by atoms with van der Waals surface area (Å²) in [4.78, 5) is 4.15. The Morgan fingerprint density at radius 1 is 1.39 bits per heavy atom. The van der Waals surface area contributed by atoms with Gasteiger partial charge in [-0.1, -0.05) is 0 Å². The number of halogens is 1. The topological polar surface area (TPSA) is 56.7 Å². The number of pyridine rings is 1. The molecule has 0 aliphatic heterocycles. The van der Waals surface area contributed by atoms with Gasteiger partial charge in [-0.25, -0.2) is 0 Å². The molecule has 0 fully saturated rings. The molecule has 2 aromatic heterocycles. The average Bonchev–Trinajstić information content (AvgIpc) is 2.69. The van der Waals surface area contributed by atoms with Gasteiger partial charge in [-0.15, -0.1) is 0 Å². The second-order valence-electron chi connectivity index (χ2n) is 4.34. The highest BCUT2D eigenvalue weighted by atomic mass is 79.9. The van der Waals surface area contributed by atoms with E-state index in [1.54, 1.807) is 6.20 Å². The number of aryl methyl sites for hydroxylation is 2. The molecule has 1 atom stereocenters. The molecular formula is C13H17BrN4. The Morgan fingerprint density at radius 3 is 2.83 bits per heavy atom. The van der Waals surface area contributed by atoms with Crippen molar-refractivity contribution < 1.29 is 0 Å². The highest BCUT2D eigenvalue weighted by molar-refractivity contribution is 9.10. The molecule has 2 rings (SSSR count). The molecule has 96 valence electrons. The van der Waals surface area contributed by atoms with Crippen LogP contribution in [0.2, 0.25) is 0 Å². The van der Waals surface area contributed by atoms with Crippen molar-refractivity contribution in [2.24, 2.45) is 5.73 Å². The van der Waals surface area contributed by atoms with Crippen molar-refractivity contribution >= 4 is 15.9 Å². The van der Waals surface area contributed by atoms with Gasteiger partial charge in [0, 0.05) is 41.6 Å². The fourth-order valence-corrected chi connectivity index (χ4v) is 2.39. The van der Waals surface area contributed by atoms with E-state index in [1.807, 2.05) is 23.9 Å². The molecule has 0 aliphatic rings. The minimum absolute atomic E-state index is 0.0589. The smallest absolute Gasteiger partial charge is 0.0596 e. The van der Waals surface area contributed by atoms with E-state index in [0.717, 1.165) is 28.7 Å². The van der Waals surface area contributed by atoms with Gasteiger partial charge in [0.25, 0.3) is 0 Å². The Hall–Kier alpha value is -1.20. The van der Waals surface area contributed by atoms with Crippen LogP contribution in [0.4, 0.5) is 0 Å². The molecule has 0 bridgehead atoms. The molecule has 0 saturated carbocycles. The predicted octanol–water partition coefficient (Wildman–Crippen LogP) is 2.61. The summed E-state index contributed by atoms with van der Waals surface area (Å²) < 4.78 is 2.95. The predicted molar refractivity (Wildman–Crippen MR) is 75.2 cm³/mol. The third-order valence-corrected chi connectivity index (χ3v) is 3.30. The Kier molecular flexibility index (Phi) is 4.14. The van der Waals surface area contributed by atoms with E-state index in [2.05, 4.69) is 39.0 Å². The summed E-state index contributed by atoms with van der Waals surface area (Å²) in [5, 5.41) is 4.43. The van der Waals surface area contributed by atoms with Gasteiger partial charge in [0.15, 0.2) is 0 Å². The molecule has 2 N–H and O–H groups in total. The summed E-state index contributed by atoms with van der Waals surface area (Å²) in [5.41, 5.74) is 9.46. The molecular weight excluding hydrogens is 292 g/mol. The van der Waals surface area contributed by atoms with Crippen molar-refractivity contribution in [3.63, 3.8) is 0 Å². The van der Waals surface area contributed by atoms with E-state index < -0.39 is 0 Å². The van der Waals surface area contributed by atoms with E-state index in [1.165, 1.54) is 5.69 Å². The van der Waals surface area contributed by atoms with E-state index in [9.17, 15) is 0 Å². The summed E-state index contributed by atoms with van der Waals surface area (Å²) in [5.74, 6) is 0. The third kappa shape index (κ3) is 2.97. The lowest BCUT2D eigenvalue weighted by Gasteiger charge is -2.12. The minimum atomic E-state index is -0.0589. The summed E-state index contributed by atoms with van der Waals surface area (Å²) in [6.07, 6.45) is 4.35. The van der Waals surface area contributed by atoms with Crippen LogP contribution in [0.1, 0.15) is 29.9 Å². The first-order valence-corrected chi connectivity index (χ1v) is 6.78. The van der Waals surface area contributed by atoms with Gasteiger partial charge in [-0.05, 0) is 47.5 Å². The van der Waals surface area contributed by atoms with Gasteiger partial charge in [0.05, 0.1) is 5.69 Å². The Bertz CT molecular complexity index is 536. The van der Waals surface area contributed by atoms with E-state index in [-0.39, 0.29) is 6.04 Å². The van der Waals surface area contributed by atoms with Crippen LogP contribution in [0, 0.1) is 6.92 Å². The van der Waals surface area contributed by atoms with Crippen molar-refractivity contribution in [3.8, 4) is 0 Å². The van der Waals surface area contributed by atoms with E-state index in [0.29, 0.717) is 0 Å². The number of nitrogens with zero attached hydrogens (tertiary/aromatic N) is 3. The van der Waals surface area contributed by atoms with Gasteiger partial charge in [0.1, 0.15) is 0 Å². The summed E-state index contributed by atoms with van der Waals surface area (Å²) in [6.45, 7) is 4.95. The summed E-state index contributed by atoms with van der Waals surface area (Å²) >= 11 is 3.41. The van der Waals surface area contributed by atoms with Gasteiger partial charge in [-0.3, -0.25) is 9.67 Å². The number of rotatable bonds is 4. The van der Waals surface area contributed by atoms with Crippen molar-refractivity contribution in [1.82, 2.24) is 14.8 Å². The quantitative estimate of drug-likeness (QED) is 0.944. The van der Waals surface area contributed by atoms with Crippen LogP contribution in [0.5, 0.6) is 0 Å². The molecule has 2 heterocycles. The first-order valence-electron chi connectivity index (χ1n) is 5.99. The highest BCUT2D eigenvalue weighted by Gasteiger charge is 2.12. The highest BCUT2D eigenvalue weighted by Crippen LogP contribution is 2.19. The fraction of sp³-hybridized carbons (Fsp3) is 0.385. The molecule has 0 aliphatic carbocycles. The van der Waals surface area contributed by atoms with Gasteiger partial charge in [0.2, 0.25) is 0 Å². The Morgan fingerprint density at radius 2 is 2.17 bits per heavy atom. The monoisotopic (exact) mass is 308 g/mol. The maximum absolute atomic E-state index is 6.23. The molecule has 1 unspecified atom stereocenters. The van der Waals surface area contributed by atoms with Gasteiger partial charge in [-0.2, -0.15) is 5.10 Å². The fourth-order valence-electron chi connectivity index (χ4n) is 2.01. The number of hydrogen-bond acceptors (Lipinski definition) is 3. The zero-order valence-corrected chi connectivity index (χ0v) is 12.2. The lowest BCUT2D eigenvalue weighted by atomic mass is 10.0. The van der Waals surface area contributed by atoms with Crippen LogP contribution in [-0.4, -0.2) is 14.8 Å². The molecule has 4 nitrogen and oxygen atoms in total. The van der Waals surface area contributed by atoms with E-state index >= 15 is 0 Å². The molecule has 5 heteroatoms. The molecule has 2 aromatic rings. The second-order valence-corrected chi connectivity index (χ2v) is 5.26. The van der Waals surface area contributed by atoms with Crippen LogP contribution in [0.25, 0.3) is 0 Å². The molecule has 18 heavy (non-hydrogen) atoms. The zero-order valence-electron chi connectivity index (χ0n) is 10.6. The van der Waals surface area contributed by atoms with Crippen molar-refractivity contribution in [2.45, 2.75) is 32.9 Å². The maximum Gasteiger partial charge on any atom is 0.0596 e. The van der Waals surface area contributed by atoms with Crippen molar-refractivity contribution in [1.29, 1.82) is 0 Å². The van der Waals surface area contributed by atoms with Crippen LogP contribution in [0.3, 0.4) is 0 Å². The largest absolute Gasteiger partial charge is 0.324 e. The molecule has 0 spiro atoms. The van der Waals surface area contributed by atoms with Crippen molar-refractivity contribution in [2.75, 3.05) is 0 Å². The zero-order chi connectivity index (χ0) is 13.1. The number of aromatic nitrogens is 3. The van der Waals surface area contributed by atoms with Gasteiger partial charge < -0.3 is 5.73 Å². The standard InChI is InChI=1S/C13H17BrN4/c1-3-18-12(4-9(2)17-18)6-13(15)10-5-11(14)8-16-7-10/h4-5,7-8,13H,3,6,15H2,1-2H3. The molecule has 0 amide bonds. The first-order chi connectivity index (χ1) is 8.60. The lowest BCUT2D eigenvalue weighted by molar-refractivity contribution is 0.586. The van der Waals surface area contributed by atoms with Gasteiger partial charge >= 0.3 is 0 Å². The summed E-state index contributed by atoms with van der Waals surface area (Å²) in [7, 11) is 0. The summed E-state index contributed by atoms with van der Waals surface area (Å²) in [6, 6.07) is 4.04.